The van der Waals surface area contributed by atoms with Gasteiger partial charge in [-0.2, -0.15) is 5.26 Å². The van der Waals surface area contributed by atoms with Gasteiger partial charge in [0, 0.05) is 12.6 Å². The summed E-state index contributed by atoms with van der Waals surface area (Å²) >= 11 is 0. The van der Waals surface area contributed by atoms with E-state index in [-0.39, 0.29) is 6.61 Å². The zero-order chi connectivity index (χ0) is 15.1. The van der Waals surface area contributed by atoms with Gasteiger partial charge >= 0.3 is 0 Å². The molecule has 3 nitrogen and oxygen atoms in total. The molecule has 0 aromatic heterocycles. The van der Waals surface area contributed by atoms with Crippen LogP contribution in [0, 0.1) is 16.7 Å². The summed E-state index contributed by atoms with van der Waals surface area (Å²) in [6.45, 7) is 5.80. The van der Waals surface area contributed by atoms with Crippen molar-refractivity contribution < 1.29 is 4.74 Å². The summed E-state index contributed by atoms with van der Waals surface area (Å²) in [4.78, 5) is 0. The molecule has 0 heterocycles. The van der Waals surface area contributed by atoms with Crippen LogP contribution in [-0.2, 0) is 0 Å². The van der Waals surface area contributed by atoms with E-state index in [1.54, 1.807) is 0 Å². The van der Waals surface area contributed by atoms with E-state index in [9.17, 15) is 0 Å². The summed E-state index contributed by atoms with van der Waals surface area (Å²) in [7, 11) is 0. The summed E-state index contributed by atoms with van der Waals surface area (Å²) in [5.74, 6) is 0.756. The Kier molecular flexibility index (Phi) is 5.64. The van der Waals surface area contributed by atoms with Crippen molar-refractivity contribution in [2.24, 2.45) is 5.41 Å². The van der Waals surface area contributed by atoms with Gasteiger partial charge in [-0.25, -0.2) is 0 Å². The summed E-state index contributed by atoms with van der Waals surface area (Å²) in [5, 5.41) is 12.2. The normalized spacial score (nSPS) is 18.7. The minimum absolute atomic E-state index is 0.103. The second kappa shape index (κ2) is 7.47. The number of rotatable bonds is 6. The zero-order valence-corrected chi connectivity index (χ0v) is 13.2. The number of benzene rings is 1. The molecule has 1 unspecified atom stereocenters. The number of nitriles is 1. The van der Waals surface area contributed by atoms with Crippen LogP contribution in [0.3, 0.4) is 0 Å². The minimum Gasteiger partial charge on any atom is -0.479 e. The van der Waals surface area contributed by atoms with Crippen LogP contribution in [-0.4, -0.2) is 13.2 Å². The maximum atomic E-state index is 8.50. The third-order valence-corrected chi connectivity index (χ3v) is 4.58. The second-order valence-corrected chi connectivity index (χ2v) is 6.49. The lowest BCUT2D eigenvalue weighted by Gasteiger charge is -2.35. The van der Waals surface area contributed by atoms with Crippen LogP contribution in [0.2, 0.25) is 0 Å². The molecular formula is C18H26N2O. The van der Waals surface area contributed by atoms with Gasteiger partial charge in [0.25, 0.3) is 0 Å². The molecule has 21 heavy (non-hydrogen) atoms. The van der Waals surface area contributed by atoms with Gasteiger partial charge in [0.2, 0.25) is 0 Å². The first-order chi connectivity index (χ1) is 10.1. The highest BCUT2D eigenvalue weighted by atomic mass is 16.5. The number of hydrogen-bond donors (Lipinski definition) is 1. The lowest BCUT2D eigenvalue weighted by molar-refractivity contribution is 0.202. The lowest BCUT2D eigenvalue weighted by Crippen LogP contribution is -2.34. The Morgan fingerprint density at radius 1 is 1.24 bits per heavy atom. The van der Waals surface area contributed by atoms with Crippen LogP contribution >= 0.6 is 0 Å². The first kappa shape index (κ1) is 15.9. The maximum Gasteiger partial charge on any atom is 0.174 e. The van der Waals surface area contributed by atoms with Gasteiger partial charge in [-0.3, -0.25) is 0 Å². The second-order valence-electron chi connectivity index (χ2n) is 6.49. The van der Waals surface area contributed by atoms with Gasteiger partial charge in [-0.05, 0) is 42.9 Å². The minimum atomic E-state index is 0.103. The molecule has 3 heteroatoms. The first-order valence-electron chi connectivity index (χ1n) is 7.96. The van der Waals surface area contributed by atoms with Gasteiger partial charge < -0.3 is 10.1 Å². The Bertz CT molecular complexity index is 469. The van der Waals surface area contributed by atoms with Crippen LogP contribution in [0.1, 0.15) is 57.6 Å². The van der Waals surface area contributed by atoms with Gasteiger partial charge in [-0.1, -0.05) is 38.3 Å². The summed E-state index contributed by atoms with van der Waals surface area (Å²) < 4.78 is 5.28. The molecule has 0 saturated heterocycles. The average Bonchev–Trinajstić information content (AvgIpc) is 2.52. The van der Waals surface area contributed by atoms with Crippen molar-refractivity contribution in [3.8, 4) is 11.8 Å². The molecule has 0 spiro atoms. The van der Waals surface area contributed by atoms with Crippen LogP contribution in [0.5, 0.6) is 5.75 Å². The van der Waals surface area contributed by atoms with E-state index >= 15 is 0 Å². The van der Waals surface area contributed by atoms with Crippen molar-refractivity contribution in [1.29, 1.82) is 5.26 Å². The standard InChI is InChI=1S/C18H26N2O/c1-15(20-14-18(2)10-4-3-5-11-18)16-6-8-17(9-7-16)21-13-12-19/h6-9,15,20H,3-5,10-11,13-14H2,1-2H3. The predicted octanol–water partition coefficient (Wildman–Crippen LogP) is 4.21. The SMILES string of the molecule is CC(NCC1(C)CCCCC1)c1ccc(OCC#N)cc1. The quantitative estimate of drug-likeness (QED) is 0.852. The van der Waals surface area contributed by atoms with E-state index in [2.05, 4.69) is 31.3 Å². The van der Waals surface area contributed by atoms with E-state index in [0.717, 1.165) is 12.3 Å². The molecule has 1 aromatic carbocycles. The zero-order valence-electron chi connectivity index (χ0n) is 13.2. The Balaban J connectivity index is 1.85. The molecule has 1 aliphatic carbocycles. The predicted molar refractivity (Wildman–Crippen MR) is 85.2 cm³/mol. The van der Waals surface area contributed by atoms with Crippen molar-refractivity contribution >= 4 is 0 Å². The third kappa shape index (κ3) is 4.75. The molecule has 1 atom stereocenters. The number of nitrogens with zero attached hydrogens (tertiary/aromatic N) is 1. The highest BCUT2D eigenvalue weighted by molar-refractivity contribution is 5.29. The number of hydrogen-bond acceptors (Lipinski definition) is 3. The largest absolute Gasteiger partial charge is 0.479 e. The van der Waals surface area contributed by atoms with Crippen LogP contribution < -0.4 is 10.1 Å². The fourth-order valence-corrected chi connectivity index (χ4v) is 3.07. The van der Waals surface area contributed by atoms with E-state index in [4.69, 9.17) is 10.00 Å². The van der Waals surface area contributed by atoms with E-state index in [1.807, 2.05) is 18.2 Å². The van der Waals surface area contributed by atoms with Gasteiger partial charge in [-0.15, -0.1) is 0 Å². The monoisotopic (exact) mass is 286 g/mol. The van der Waals surface area contributed by atoms with Crippen molar-refractivity contribution in [2.45, 2.75) is 52.0 Å². The summed E-state index contributed by atoms with van der Waals surface area (Å²) in [6, 6.07) is 10.4. The van der Waals surface area contributed by atoms with Crippen molar-refractivity contribution in [2.75, 3.05) is 13.2 Å². The molecule has 1 N–H and O–H groups in total. The smallest absolute Gasteiger partial charge is 0.174 e. The highest BCUT2D eigenvalue weighted by Gasteiger charge is 2.26. The molecule has 0 amide bonds. The average molecular weight is 286 g/mol. The molecule has 1 aromatic rings. The molecule has 114 valence electrons. The van der Waals surface area contributed by atoms with Crippen molar-refractivity contribution in [3.63, 3.8) is 0 Å². The van der Waals surface area contributed by atoms with Gasteiger partial charge in [0.1, 0.15) is 11.8 Å². The molecule has 0 aliphatic heterocycles. The van der Waals surface area contributed by atoms with Crippen molar-refractivity contribution in [1.82, 2.24) is 5.32 Å². The first-order valence-corrected chi connectivity index (χ1v) is 7.96. The molecule has 0 bridgehead atoms. The van der Waals surface area contributed by atoms with Crippen LogP contribution in [0.4, 0.5) is 0 Å². The van der Waals surface area contributed by atoms with Crippen LogP contribution in [0.25, 0.3) is 0 Å². The number of ether oxygens (including phenoxy) is 1. The molecule has 1 fully saturated rings. The summed E-state index contributed by atoms with van der Waals surface area (Å²) in [6.07, 6.45) is 6.82. The molecule has 1 aliphatic rings. The maximum absolute atomic E-state index is 8.50. The number of nitrogens with one attached hydrogen (secondary N) is 1. The topological polar surface area (TPSA) is 45.0 Å². The van der Waals surface area contributed by atoms with Crippen LogP contribution in [0.15, 0.2) is 24.3 Å². The van der Waals surface area contributed by atoms with Gasteiger partial charge in [0.15, 0.2) is 6.61 Å². The fraction of sp³-hybridized carbons (Fsp3) is 0.611. The molecule has 0 radical (unpaired) electrons. The van der Waals surface area contributed by atoms with Gasteiger partial charge in [0.05, 0.1) is 0 Å². The summed E-state index contributed by atoms with van der Waals surface area (Å²) in [5.41, 5.74) is 1.72. The Morgan fingerprint density at radius 2 is 1.90 bits per heavy atom. The molecule has 2 rings (SSSR count). The Labute approximate surface area is 128 Å². The molecule has 1 saturated carbocycles. The van der Waals surface area contributed by atoms with E-state index < -0.39 is 0 Å². The fourth-order valence-electron chi connectivity index (χ4n) is 3.07. The van der Waals surface area contributed by atoms with E-state index in [0.29, 0.717) is 11.5 Å². The third-order valence-electron chi connectivity index (χ3n) is 4.58. The van der Waals surface area contributed by atoms with Crippen molar-refractivity contribution in [3.05, 3.63) is 29.8 Å². The lowest BCUT2D eigenvalue weighted by atomic mass is 9.75. The highest BCUT2D eigenvalue weighted by Crippen LogP contribution is 2.35. The van der Waals surface area contributed by atoms with E-state index in [1.165, 1.54) is 37.7 Å². The molecular weight excluding hydrogens is 260 g/mol. The Hall–Kier alpha value is -1.53. The Morgan fingerprint density at radius 3 is 2.52 bits per heavy atom.